The predicted molar refractivity (Wildman–Crippen MR) is 94.9 cm³/mol. The molecule has 2 aliphatic rings. The van der Waals surface area contributed by atoms with E-state index >= 15 is 0 Å². The standard InChI is InChI=1S/C17H22N4O3S/c1-19-8-9-21(16-11-25(23,24)10-15(16)19)17(22)6-7-20-12-18-13-4-2-3-5-14(13)20/h2-5,12,15-16H,6-11H2,1H3/t15-,16+/m0/s1. The molecule has 25 heavy (non-hydrogen) atoms. The molecule has 2 aromatic rings. The number of aromatic nitrogens is 2. The Morgan fingerprint density at radius 2 is 1.96 bits per heavy atom. The number of para-hydroxylation sites is 2. The number of likely N-dealkylation sites (N-methyl/N-ethyl adjacent to an activating group) is 1. The third-order valence-corrected chi connectivity index (χ3v) is 7.07. The molecule has 8 heteroatoms. The van der Waals surface area contributed by atoms with Gasteiger partial charge in [0, 0.05) is 32.1 Å². The second-order valence-electron chi connectivity index (χ2n) is 6.96. The highest BCUT2D eigenvalue weighted by Crippen LogP contribution is 2.26. The molecule has 7 nitrogen and oxygen atoms in total. The number of carbonyl (C=O) groups excluding carboxylic acids is 1. The third-order valence-electron chi connectivity index (χ3n) is 5.37. The zero-order valence-corrected chi connectivity index (χ0v) is 15.0. The highest BCUT2D eigenvalue weighted by molar-refractivity contribution is 7.91. The lowest BCUT2D eigenvalue weighted by atomic mass is 10.1. The van der Waals surface area contributed by atoms with E-state index in [1.807, 2.05) is 35.9 Å². The Balaban J connectivity index is 1.47. The zero-order valence-electron chi connectivity index (χ0n) is 14.2. The van der Waals surface area contributed by atoms with E-state index in [-0.39, 0.29) is 29.5 Å². The fourth-order valence-corrected chi connectivity index (χ4v) is 6.04. The summed E-state index contributed by atoms with van der Waals surface area (Å²) in [5.41, 5.74) is 1.92. The zero-order chi connectivity index (χ0) is 17.6. The van der Waals surface area contributed by atoms with Crippen molar-refractivity contribution >= 4 is 26.8 Å². The number of fused-ring (bicyclic) bond motifs is 2. The minimum absolute atomic E-state index is 0.0259. The van der Waals surface area contributed by atoms with E-state index in [0.717, 1.165) is 17.6 Å². The molecular formula is C17H22N4O3S. The van der Waals surface area contributed by atoms with Gasteiger partial charge in [-0.05, 0) is 19.2 Å². The topological polar surface area (TPSA) is 75.5 Å². The summed E-state index contributed by atoms with van der Waals surface area (Å²) in [4.78, 5) is 21.0. The van der Waals surface area contributed by atoms with Gasteiger partial charge >= 0.3 is 0 Å². The molecule has 0 N–H and O–H groups in total. The Morgan fingerprint density at radius 3 is 2.80 bits per heavy atom. The highest BCUT2D eigenvalue weighted by atomic mass is 32.2. The molecule has 2 aliphatic heterocycles. The van der Waals surface area contributed by atoms with Crippen LogP contribution in [0.4, 0.5) is 0 Å². The molecule has 0 radical (unpaired) electrons. The Morgan fingerprint density at radius 1 is 1.20 bits per heavy atom. The van der Waals surface area contributed by atoms with Crippen LogP contribution in [-0.2, 0) is 21.2 Å². The summed E-state index contributed by atoms with van der Waals surface area (Å²) in [6.07, 6.45) is 2.11. The molecule has 1 aromatic carbocycles. The lowest BCUT2D eigenvalue weighted by Gasteiger charge is -2.42. The summed E-state index contributed by atoms with van der Waals surface area (Å²) in [6, 6.07) is 7.55. The SMILES string of the molecule is CN1CCN(C(=O)CCn2cnc3ccccc32)[C@@H]2CS(=O)(=O)C[C@@H]21. The highest BCUT2D eigenvalue weighted by Gasteiger charge is 2.46. The van der Waals surface area contributed by atoms with E-state index in [2.05, 4.69) is 9.88 Å². The average molecular weight is 362 g/mol. The fraction of sp³-hybridized carbons (Fsp3) is 0.529. The first-order valence-corrected chi connectivity index (χ1v) is 10.4. The fourth-order valence-electron chi connectivity index (χ4n) is 3.98. The molecule has 3 heterocycles. The molecule has 0 saturated carbocycles. The molecule has 0 bridgehead atoms. The smallest absolute Gasteiger partial charge is 0.224 e. The number of sulfone groups is 1. The summed E-state index contributed by atoms with van der Waals surface area (Å²) >= 11 is 0. The summed E-state index contributed by atoms with van der Waals surface area (Å²) in [5, 5.41) is 0. The van der Waals surface area contributed by atoms with Crippen LogP contribution in [0.1, 0.15) is 6.42 Å². The summed E-state index contributed by atoms with van der Waals surface area (Å²) in [6.45, 7) is 1.86. The molecular weight excluding hydrogens is 340 g/mol. The molecule has 4 rings (SSSR count). The van der Waals surface area contributed by atoms with E-state index in [1.165, 1.54) is 0 Å². The largest absolute Gasteiger partial charge is 0.336 e. The second-order valence-corrected chi connectivity index (χ2v) is 9.11. The molecule has 0 unspecified atom stereocenters. The number of hydrogen-bond acceptors (Lipinski definition) is 5. The van der Waals surface area contributed by atoms with Crippen molar-refractivity contribution in [3.8, 4) is 0 Å². The third kappa shape index (κ3) is 3.04. The van der Waals surface area contributed by atoms with Crippen LogP contribution < -0.4 is 0 Å². The Labute approximate surface area is 147 Å². The van der Waals surface area contributed by atoms with Crippen molar-refractivity contribution in [2.24, 2.45) is 0 Å². The summed E-state index contributed by atoms with van der Waals surface area (Å²) in [7, 11) is -1.12. The molecule has 0 aliphatic carbocycles. The lowest BCUT2D eigenvalue weighted by molar-refractivity contribution is -0.136. The number of rotatable bonds is 3. The van der Waals surface area contributed by atoms with Crippen molar-refractivity contribution in [3.63, 3.8) is 0 Å². The van der Waals surface area contributed by atoms with Gasteiger partial charge < -0.3 is 9.47 Å². The maximum absolute atomic E-state index is 12.8. The van der Waals surface area contributed by atoms with Crippen molar-refractivity contribution in [2.75, 3.05) is 31.6 Å². The minimum atomic E-state index is -3.07. The van der Waals surface area contributed by atoms with E-state index in [1.54, 1.807) is 11.2 Å². The van der Waals surface area contributed by atoms with E-state index in [0.29, 0.717) is 19.5 Å². The molecule has 134 valence electrons. The van der Waals surface area contributed by atoms with Gasteiger partial charge in [-0.25, -0.2) is 13.4 Å². The van der Waals surface area contributed by atoms with Crippen LogP contribution in [0, 0.1) is 0 Å². The molecule has 0 spiro atoms. The number of hydrogen-bond donors (Lipinski definition) is 0. The molecule has 1 aromatic heterocycles. The summed E-state index contributed by atoms with van der Waals surface area (Å²) in [5.74, 6) is 0.268. The lowest BCUT2D eigenvalue weighted by Crippen LogP contribution is -2.59. The molecule has 2 fully saturated rings. The van der Waals surface area contributed by atoms with Gasteiger partial charge in [0.1, 0.15) is 0 Å². The van der Waals surface area contributed by atoms with Crippen molar-refractivity contribution in [3.05, 3.63) is 30.6 Å². The van der Waals surface area contributed by atoms with Crippen LogP contribution >= 0.6 is 0 Å². The monoisotopic (exact) mass is 362 g/mol. The molecule has 2 atom stereocenters. The van der Waals surface area contributed by atoms with E-state index in [9.17, 15) is 13.2 Å². The Hall–Kier alpha value is -1.93. The normalized spacial score (nSPS) is 26.0. The van der Waals surface area contributed by atoms with Gasteiger partial charge in [0.2, 0.25) is 5.91 Å². The quantitative estimate of drug-likeness (QED) is 0.788. The van der Waals surface area contributed by atoms with Crippen LogP contribution in [0.3, 0.4) is 0 Å². The van der Waals surface area contributed by atoms with Crippen LogP contribution in [0.5, 0.6) is 0 Å². The number of imidazole rings is 1. The van der Waals surface area contributed by atoms with Gasteiger partial charge in [-0.2, -0.15) is 0 Å². The number of aryl methyl sites for hydroxylation is 1. The van der Waals surface area contributed by atoms with Gasteiger partial charge in [0.05, 0.1) is 34.9 Å². The van der Waals surface area contributed by atoms with E-state index in [4.69, 9.17) is 0 Å². The van der Waals surface area contributed by atoms with Gasteiger partial charge in [-0.1, -0.05) is 12.1 Å². The van der Waals surface area contributed by atoms with Crippen molar-refractivity contribution in [2.45, 2.75) is 25.0 Å². The first kappa shape index (κ1) is 16.5. The Kier molecular flexibility index (Phi) is 4.04. The van der Waals surface area contributed by atoms with Crippen molar-refractivity contribution < 1.29 is 13.2 Å². The first-order valence-electron chi connectivity index (χ1n) is 8.55. The number of amides is 1. The number of piperazine rings is 1. The maximum Gasteiger partial charge on any atom is 0.224 e. The second kappa shape index (κ2) is 6.10. The average Bonchev–Trinajstić information content (AvgIpc) is 3.13. The van der Waals surface area contributed by atoms with Crippen LogP contribution in [0.15, 0.2) is 30.6 Å². The van der Waals surface area contributed by atoms with Gasteiger partial charge in [0.15, 0.2) is 9.84 Å². The van der Waals surface area contributed by atoms with Crippen molar-refractivity contribution in [1.29, 1.82) is 0 Å². The van der Waals surface area contributed by atoms with Crippen LogP contribution in [0.25, 0.3) is 11.0 Å². The number of nitrogens with zero attached hydrogens (tertiary/aromatic N) is 4. The van der Waals surface area contributed by atoms with Crippen LogP contribution in [0.2, 0.25) is 0 Å². The maximum atomic E-state index is 12.8. The van der Waals surface area contributed by atoms with E-state index < -0.39 is 9.84 Å². The van der Waals surface area contributed by atoms with Gasteiger partial charge in [0.25, 0.3) is 0 Å². The van der Waals surface area contributed by atoms with Crippen LogP contribution in [-0.4, -0.2) is 77.4 Å². The van der Waals surface area contributed by atoms with Crippen molar-refractivity contribution in [1.82, 2.24) is 19.4 Å². The first-order chi connectivity index (χ1) is 11.9. The molecule has 1 amide bonds. The van der Waals surface area contributed by atoms with Gasteiger partial charge in [-0.3, -0.25) is 9.69 Å². The minimum Gasteiger partial charge on any atom is -0.336 e. The van der Waals surface area contributed by atoms with Gasteiger partial charge in [-0.15, -0.1) is 0 Å². The number of carbonyl (C=O) groups is 1. The molecule has 2 saturated heterocycles. The predicted octanol–water partition coefficient (Wildman–Crippen LogP) is 0.366. The summed E-state index contributed by atoms with van der Waals surface area (Å²) < 4.78 is 26.0. The Bertz CT molecular complexity index is 908. The number of benzene rings is 1.